The fourth-order valence-corrected chi connectivity index (χ4v) is 2.16. The normalized spacial score (nSPS) is 11.6. The summed E-state index contributed by atoms with van der Waals surface area (Å²) in [7, 11) is 1.86. The van der Waals surface area contributed by atoms with Crippen molar-refractivity contribution in [2.24, 2.45) is 0 Å². The number of hydrogen-bond acceptors (Lipinski definition) is 2. The SMILES string of the molecule is CCCCN(C)C(=O)/C(C)=C/c1cccs1. The summed E-state index contributed by atoms with van der Waals surface area (Å²) in [5.41, 5.74) is 0.807. The number of carbonyl (C=O) groups excluding carboxylic acids is 1. The molecule has 0 aliphatic heterocycles. The van der Waals surface area contributed by atoms with Gasteiger partial charge in [-0.1, -0.05) is 19.4 Å². The van der Waals surface area contributed by atoms with Gasteiger partial charge < -0.3 is 4.90 Å². The van der Waals surface area contributed by atoms with Gasteiger partial charge in [0.05, 0.1) is 0 Å². The molecule has 0 saturated heterocycles. The molecule has 0 saturated carbocycles. The van der Waals surface area contributed by atoms with Crippen molar-refractivity contribution in [2.75, 3.05) is 13.6 Å². The molecule has 0 N–H and O–H groups in total. The van der Waals surface area contributed by atoms with E-state index >= 15 is 0 Å². The molecule has 0 aliphatic carbocycles. The summed E-state index contributed by atoms with van der Waals surface area (Å²) in [5.74, 6) is 0.127. The van der Waals surface area contributed by atoms with Crippen LogP contribution in [0, 0.1) is 0 Å². The highest BCUT2D eigenvalue weighted by Crippen LogP contribution is 2.14. The molecule has 0 atom stereocenters. The highest BCUT2D eigenvalue weighted by molar-refractivity contribution is 7.10. The Bertz CT molecular complexity index is 354. The molecule has 0 aromatic carbocycles. The maximum Gasteiger partial charge on any atom is 0.249 e. The first-order chi connectivity index (χ1) is 7.65. The number of rotatable bonds is 5. The minimum atomic E-state index is 0.127. The van der Waals surface area contributed by atoms with Gasteiger partial charge in [-0.05, 0) is 30.9 Å². The number of likely N-dealkylation sites (N-methyl/N-ethyl adjacent to an activating group) is 1. The summed E-state index contributed by atoms with van der Waals surface area (Å²) in [6.07, 6.45) is 4.13. The van der Waals surface area contributed by atoms with Crippen LogP contribution in [0.1, 0.15) is 31.6 Å². The lowest BCUT2D eigenvalue weighted by Crippen LogP contribution is -2.28. The zero-order valence-electron chi connectivity index (χ0n) is 10.2. The van der Waals surface area contributed by atoms with Crippen LogP contribution in [-0.4, -0.2) is 24.4 Å². The monoisotopic (exact) mass is 237 g/mol. The Balaban J connectivity index is 2.59. The van der Waals surface area contributed by atoms with E-state index in [9.17, 15) is 4.79 Å². The molecule has 0 bridgehead atoms. The second-order valence-electron chi connectivity index (χ2n) is 3.92. The summed E-state index contributed by atoms with van der Waals surface area (Å²) < 4.78 is 0. The van der Waals surface area contributed by atoms with E-state index in [-0.39, 0.29) is 5.91 Å². The van der Waals surface area contributed by atoms with Crippen molar-refractivity contribution in [3.8, 4) is 0 Å². The third-order valence-electron chi connectivity index (χ3n) is 2.43. The minimum absolute atomic E-state index is 0.127. The number of carbonyl (C=O) groups is 1. The molecule has 88 valence electrons. The van der Waals surface area contributed by atoms with Crippen molar-refractivity contribution in [1.82, 2.24) is 4.90 Å². The van der Waals surface area contributed by atoms with Crippen LogP contribution in [-0.2, 0) is 4.79 Å². The zero-order valence-corrected chi connectivity index (χ0v) is 11.0. The molecule has 3 heteroatoms. The van der Waals surface area contributed by atoms with Crippen LogP contribution >= 0.6 is 11.3 Å². The molecular weight excluding hydrogens is 218 g/mol. The van der Waals surface area contributed by atoms with E-state index in [0.29, 0.717) is 0 Å². The Kier molecular flexibility index (Phi) is 5.26. The average Bonchev–Trinajstić information content (AvgIpc) is 2.77. The third kappa shape index (κ3) is 3.81. The molecule has 1 aromatic rings. The van der Waals surface area contributed by atoms with Gasteiger partial charge in [0.25, 0.3) is 0 Å². The zero-order chi connectivity index (χ0) is 12.0. The van der Waals surface area contributed by atoms with Crippen molar-refractivity contribution < 1.29 is 4.79 Å². The number of unbranched alkanes of at least 4 members (excludes halogenated alkanes) is 1. The molecule has 0 fully saturated rings. The van der Waals surface area contributed by atoms with Crippen molar-refractivity contribution in [2.45, 2.75) is 26.7 Å². The van der Waals surface area contributed by atoms with Gasteiger partial charge in [0.2, 0.25) is 5.91 Å². The number of nitrogens with zero attached hydrogens (tertiary/aromatic N) is 1. The van der Waals surface area contributed by atoms with Crippen LogP contribution in [0.15, 0.2) is 23.1 Å². The number of thiophene rings is 1. The maximum absolute atomic E-state index is 11.9. The second kappa shape index (κ2) is 6.48. The van der Waals surface area contributed by atoms with Crippen LogP contribution < -0.4 is 0 Å². The smallest absolute Gasteiger partial charge is 0.249 e. The van der Waals surface area contributed by atoms with Gasteiger partial charge in [-0.25, -0.2) is 0 Å². The predicted octanol–water partition coefficient (Wildman–Crippen LogP) is 3.41. The van der Waals surface area contributed by atoms with E-state index in [2.05, 4.69) is 6.92 Å². The second-order valence-corrected chi connectivity index (χ2v) is 4.90. The van der Waals surface area contributed by atoms with E-state index in [1.54, 1.807) is 16.2 Å². The lowest BCUT2D eigenvalue weighted by Gasteiger charge is -2.16. The number of hydrogen-bond donors (Lipinski definition) is 0. The summed E-state index contributed by atoms with van der Waals surface area (Å²) in [5, 5.41) is 2.02. The lowest BCUT2D eigenvalue weighted by molar-refractivity contribution is -0.125. The van der Waals surface area contributed by atoms with Gasteiger partial charge in [-0.3, -0.25) is 4.79 Å². The summed E-state index contributed by atoms with van der Waals surface area (Å²) in [4.78, 5) is 14.9. The largest absolute Gasteiger partial charge is 0.342 e. The van der Waals surface area contributed by atoms with E-state index in [4.69, 9.17) is 0 Å². The third-order valence-corrected chi connectivity index (χ3v) is 3.25. The Morgan fingerprint density at radius 3 is 2.88 bits per heavy atom. The van der Waals surface area contributed by atoms with Crippen LogP contribution in [0.5, 0.6) is 0 Å². The molecule has 16 heavy (non-hydrogen) atoms. The molecule has 1 amide bonds. The fourth-order valence-electron chi connectivity index (χ4n) is 1.45. The van der Waals surface area contributed by atoms with Crippen LogP contribution in [0.25, 0.3) is 6.08 Å². The van der Waals surface area contributed by atoms with Crippen molar-refractivity contribution in [1.29, 1.82) is 0 Å². The average molecular weight is 237 g/mol. The quantitative estimate of drug-likeness (QED) is 0.719. The fraction of sp³-hybridized carbons (Fsp3) is 0.462. The lowest BCUT2D eigenvalue weighted by atomic mass is 10.2. The van der Waals surface area contributed by atoms with Crippen LogP contribution in [0.2, 0.25) is 0 Å². The van der Waals surface area contributed by atoms with Crippen molar-refractivity contribution >= 4 is 23.3 Å². The van der Waals surface area contributed by atoms with E-state index < -0.39 is 0 Å². The van der Waals surface area contributed by atoms with Crippen molar-refractivity contribution in [3.63, 3.8) is 0 Å². The van der Waals surface area contributed by atoms with Crippen LogP contribution in [0.3, 0.4) is 0 Å². The Labute approximate surface area is 102 Å². The van der Waals surface area contributed by atoms with E-state index in [1.807, 2.05) is 37.6 Å². The minimum Gasteiger partial charge on any atom is -0.342 e. The highest BCUT2D eigenvalue weighted by atomic mass is 32.1. The molecule has 0 radical (unpaired) electrons. The Morgan fingerprint density at radius 1 is 1.56 bits per heavy atom. The van der Waals surface area contributed by atoms with Gasteiger partial charge in [0, 0.05) is 24.0 Å². The van der Waals surface area contributed by atoms with Gasteiger partial charge in [-0.15, -0.1) is 11.3 Å². The first kappa shape index (κ1) is 13.0. The standard InChI is InChI=1S/C13H19NOS/c1-4-5-8-14(3)13(15)11(2)10-12-7-6-9-16-12/h6-7,9-10H,4-5,8H2,1-3H3/b11-10+. The van der Waals surface area contributed by atoms with Gasteiger partial charge in [0.15, 0.2) is 0 Å². The first-order valence-electron chi connectivity index (χ1n) is 5.62. The summed E-state index contributed by atoms with van der Waals surface area (Å²) >= 11 is 1.65. The summed E-state index contributed by atoms with van der Waals surface area (Å²) in [6.45, 7) is 4.85. The molecule has 1 aromatic heterocycles. The first-order valence-corrected chi connectivity index (χ1v) is 6.50. The van der Waals surface area contributed by atoms with Gasteiger partial charge >= 0.3 is 0 Å². The molecular formula is C13H19NOS. The molecule has 1 rings (SSSR count). The summed E-state index contributed by atoms with van der Waals surface area (Å²) in [6, 6.07) is 4.02. The molecule has 0 unspecified atom stereocenters. The number of amides is 1. The molecule has 2 nitrogen and oxygen atoms in total. The molecule has 1 heterocycles. The topological polar surface area (TPSA) is 20.3 Å². The van der Waals surface area contributed by atoms with Gasteiger partial charge in [-0.2, -0.15) is 0 Å². The van der Waals surface area contributed by atoms with Crippen LogP contribution in [0.4, 0.5) is 0 Å². The predicted molar refractivity (Wildman–Crippen MR) is 70.5 cm³/mol. The Hall–Kier alpha value is -1.09. The molecule has 0 spiro atoms. The van der Waals surface area contributed by atoms with Gasteiger partial charge in [0.1, 0.15) is 0 Å². The van der Waals surface area contributed by atoms with E-state index in [0.717, 1.165) is 29.8 Å². The Morgan fingerprint density at radius 2 is 2.31 bits per heavy atom. The highest BCUT2D eigenvalue weighted by Gasteiger charge is 2.09. The van der Waals surface area contributed by atoms with E-state index in [1.165, 1.54) is 0 Å². The molecule has 0 aliphatic rings. The maximum atomic E-state index is 11.9. The van der Waals surface area contributed by atoms with Crippen molar-refractivity contribution in [3.05, 3.63) is 28.0 Å².